The van der Waals surface area contributed by atoms with Crippen LogP contribution in [-0.4, -0.2) is 15.5 Å². The Balaban J connectivity index is 1.71. The summed E-state index contributed by atoms with van der Waals surface area (Å²) in [5, 5.41) is 3.58. The molecule has 3 aromatic rings. The van der Waals surface area contributed by atoms with Crippen molar-refractivity contribution < 1.29 is 4.79 Å². The number of aromatic nitrogens is 2. The van der Waals surface area contributed by atoms with E-state index in [1.165, 1.54) is 0 Å². The normalized spacial score (nSPS) is 14.7. The topological polar surface area (TPSA) is 64.0 Å². The Kier molecular flexibility index (Phi) is 4.29. The van der Waals surface area contributed by atoms with E-state index in [2.05, 4.69) is 10.3 Å². The van der Waals surface area contributed by atoms with Gasteiger partial charge in [0.25, 0.3) is 5.56 Å². The first-order valence-electron chi connectivity index (χ1n) is 9.03. The van der Waals surface area contributed by atoms with E-state index in [4.69, 9.17) is 0 Å². The zero-order valence-corrected chi connectivity index (χ0v) is 14.7. The number of para-hydroxylation sites is 1. The van der Waals surface area contributed by atoms with E-state index in [0.29, 0.717) is 28.1 Å². The first kappa shape index (κ1) is 16.5. The minimum absolute atomic E-state index is 0.0698. The van der Waals surface area contributed by atoms with Crippen LogP contribution in [0, 0.1) is 12.8 Å². The fourth-order valence-corrected chi connectivity index (χ4v) is 3.70. The highest BCUT2D eigenvalue weighted by Gasteiger charge is 2.22. The van der Waals surface area contributed by atoms with Crippen LogP contribution < -0.4 is 10.9 Å². The first-order chi connectivity index (χ1) is 12.6. The molecule has 1 heterocycles. The molecule has 5 nitrogen and oxygen atoms in total. The second kappa shape index (κ2) is 6.75. The van der Waals surface area contributed by atoms with E-state index in [-0.39, 0.29) is 17.4 Å². The van der Waals surface area contributed by atoms with E-state index in [1.807, 2.05) is 49.4 Å². The van der Waals surface area contributed by atoms with Gasteiger partial charge in [-0.1, -0.05) is 31.0 Å². The van der Waals surface area contributed by atoms with Gasteiger partial charge in [0, 0.05) is 11.6 Å². The van der Waals surface area contributed by atoms with Crippen molar-refractivity contribution >= 4 is 22.5 Å². The summed E-state index contributed by atoms with van der Waals surface area (Å²) in [4.78, 5) is 29.8. The molecule has 0 atom stereocenters. The second-order valence-electron chi connectivity index (χ2n) is 6.84. The van der Waals surface area contributed by atoms with E-state index in [9.17, 15) is 9.59 Å². The number of benzene rings is 2. The number of nitrogens with zero attached hydrogens (tertiary/aromatic N) is 2. The number of nitrogens with one attached hydrogen (secondary N) is 1. The highest BCUT2D eigenvalue weighted by Crippen LogP contribution is 2.26. The molecule has 0 bridgehead atoms. The summed E-state index contributed by atoms with van der Waals surface area (Å²) < 4.78 is 1.59. The zero-order valence-electron chi connectivity index (χ0n) is 14.7. The summed E-state index contributed by atoms with van der Waals surface area (Å²) >= 11 is 0. The molecule has 1 aliphatic carbocycles. The molecule has 0 aliphatic heterocycles. The van der Waals surface area contributed by atoms with Gasteiger partial charge in [-0.2, -0.15) is 0 Å². The van der Waals surface area contributed by atoms with Gasteiger partial charge >= 0.3 is 0 Å². The lowest BCUT2D eigenvalue weighted by Gasteiger charge is -2.14. The Morgan fingerprint density at radius 2 is 1.88 bits per heavy atom. The van der Waals surface area contributed by atoms with Crippen LogP contribution in [0.3, 0.4) is 0 Å². The van der Waals surface area contributed by atoms with Crippen LogP contribution in [0.25, 0.3) is 16.6 Å². The van der Waals surface area contributed by atoms with Gasteiger partial charge in [0.15, 0.2) is 0 Å². The van der Waals surface area contributed by atoms with Gasteiger partial charge in [0.1, 0.15) is 5.82 Å². The molecule has 0 saturated heterocycles. The molecule has 26 heavy (non-hydrogen) atoms. The molecule has 1 aromatic heterocycles. The third kappa shape index (κ3) is 3.01. The van der Waals surface area contributed by atoms with E-state index < -0.39 is 0 Å². The van der Waals surface area contributed by atoms with Crippen molar-refractivity contribution in [2.45, 2.75) is 32.6 Å². The third-order valence-electron chi connectivity index (χ3n) is 5.04. The van der Waals surface area contributed by atoms with Crippen molar-refractivity contribution in [3.05, 3.63) is 64.7 Å². The van der Waals surface area contributed by atoms with Gasteiger partial charge in [0.2, 0.25) is 5.91 Å². The fraction of sp³-hybridized carbons (Fsp3) is 0.286. The van der Waals surface area contributed by atoms with Crippen molar-refractivity contribution in [1.29, 1.82) is 0 Å². The Morgan fingerprint density at radius 3 is 2.69 bits per heavy atom. The van der Waals surface area contributed by atoms with Gasteiger partial charge in [-0.15, -0.1) is 0 Å². The molecular formula is C21H21N3O2. The molecule has 0 spiro atoms. The molecule has 0 radical (unpaired) electrons. The second-order valence-corrected chi connectivity index (χ2v) is 6.84. The lowest BCUT2D eigenvalue weighted by Crippen LogP contribution is -2.23. The number of amides is 1. The standard InChI is InChI=1S/C21H21N3O2/c1-14-22-19-12-5-4-11-18(19)21(26)24(14)17-10-6-9-16(13-17)23-20(25)15-7-2-3-8-15/h4-6,9-13,15H,2-3,7-8H2,1H3,(H,23,25). The number of carbonyl (C=O) groups excluding carboxylic acids is 1. The fourth-order valence-electron chi connectivity index (χ4n) is 3.70. The largest absolute Gasteiger partial charge is 0.326 e. The molecule has 1 saturated carbocycles. The molecule has 5 heteroatoms. The highest BCUT2D eigenvalue weighted by molar-refractivity contribution is 5.93. The smallest absolute Gasteiger partial charge is 0.265 e. The summed E-state index contributed by atoms with van der Waals surface area (Å²) in [7, 11) is 0. The van der Waals surface area contributed by atoms with Gasteiger partial charge < -0.3 is 5.32 Å². The van der Waals surface area contributed by atoms with Crippen LogP contribution in [0.1, 0.15) is 31.5 Å². The predicted octanol–water partition coefficient (Wildman–Crippen LogP) is 3.82. The van der Waals surface area contributed by atoms with E-state index in [0.717, 1.165) is 25.7 Å². The van der Waals surface area contributed by atoms with E-state index >= 15 is 0 Å². The van der Waals surface area contributed by atoms with Gasteiger partial charge in [-0.25, -0.2) is 4.98 Å². The van der Waals surface area contributed by atoms with Crippen LogP contribution in [-0.2, 0) is 4.79 Å². The predicted molar refractivity (Wildman–Crippen MR) is 103 cm³/mol. The molecule has 0 unspecified atom stereocenters. The summed E-state index contributed by atoms with van der Waals surface area (Å²) in [5.41, 5.74) is 2.00. The van der Waals surface area contributed by atoms with E-state index in [1.54, 1.807) is 10.6 Å². The lowest BCUT2D eigenvalue weighted by atomic mass is 10.1. The molecule has 4 rings (SSSR count). The van der Waals surface area contributed by atoms with Crippen molar-refractivity contribution in [1.82, 2.24) is 9.55 Å². The number of fused-ring (bicyclic) bond motifs is 1. The summed E-state index contributed by atoms with van der Waals surface area (Å²) in [5.74, 6) is 0.791. The van der Waals surface area contributed by atoms with Crippen LogP contribution in [0.15, 0.2) is 53.3 Å². The van der Waals surface area contributed by atoms with Crippen molar-refractivity contribution in [2.75, 3.05) is 5.32 Å². The molecule has 2 aromatic carbocycles. The highest BCUT2D eigenvalue weighted by atomic mass is 16.2. The molecule has 1 N–H and O–H groups in total. The summed E-state index contributed by atoms with van der Waals surface area (Å²) in [6.45, 7) is 1.82. The van der Waals surface area contributed by atoms with Crippen LogP contribution in [0.4, 0.5) is 5.69 Å². The maximum Gasteiger partial charge on any atom is 0.265 e. The number of hydrogen-bond donors (Lipinski definition) is 1. The Labute approximate surface area is 151 Å². The number of carbonyl (C=O) groups is 1. The number of aryl methyl sites for hydroxylation is 1. The molecule has 1 amide bonds. The van der Waals surface area contributed by atoms with Crippen molar-refractivity contribution in [3.8, 4) is 5.69 Å². The maximum atomic E-state index is 12.9. The Hall–Kier alpha value is -2.95. The van der Waals surface area contributed by atoms with Gasteiger partial charge in [-0.3, -0.25) is 14.2 Å². The zero-order chi connectivity index (χ0) is 18.1. The molecule has 132 valence electrons. The van der Waals surface area contributed by atoms with Crippen LogP contribution in [0.5, 0.6) is 0 Å². The number of anilines is 1. The lowest BCUT2D eigenvalue weighted by molar-refractivity contribution is -0.119. The monoisotopic (exact) mass is 347 g/mol. The molecule has 1 aliphatic rings. The average molecular weight is 347 g/mol. The molecular weight excluding hydrogens is 326 g/mol. The minimum Gasteiger partial charge on any atom is -0.326 e. The number of rotatable bonds is 3. The molecule has 1 fully saturated rings. The SMILES string of the molecule is Cc1nc2ccccc2c(=O)n1-c1cccc(NC(=O)C2CCCC2)c1. The van der Waals surface area contributed by atoms with Crippen LogP contribution in [0.2, 0.25) is 0 Å². The summed E-state index contributed by atoms with van der Waals surface area (Å²) in [6, 6.07) is 14.7. The average Bonchev–Trinajstić information content (AvgIpc) is 3.17. The van der Waals surface area contributed by atoms with Crippen LogP contribution >= 0.6 is 0 Å². The number of hydrogen-bond acceptors (Lipinski definition) is 3. The Bertz CT molecular complexity index is 1030. The quantitative estimate of drug-likeness (QED) is 0.783. The maximum absolute atomic E-state index is 12.9. The minimum atomic E-state index is -0.104. The van der Waals surface area contributed by atoms with Crippen molar-refractivity contribution in [3.63, 3.8) is 0 Å². The third-order valence-corrected chi connectivity index (χ3v) is 5.04. The Morgan fingerprint density at radius 1 is 1.12 bits per heavy atom. The first-order valence-corrected chi connectivity index (χ1v) is 9.03. The van der Waals surface area contributed by atoms with Gasteiger partial charge in [0.05, 0.1) is 16.6 Å². The van der Waals surface area contributed by atoms with Gasteiger partial charge in [-0.05, 0) is 50.1 Å². The summed E-state index contributed by atoms with van der Waals surface area (Å²) in [6.07, 6.45) is 4.16. The van der Waals surface area contributed by atoms with Crippen molar-refractivity contribution in [2.24, 2.45) is 5.92 Å².